The molecule has 2 N–H and O–H groups in total. The zero-order valence-corrected chi connectivity index (χ0v) is 11.4. The first kappa shape index (κ1) is 11.3. The lowest BCUT2D eigenvalue weighted by atomic mass is 9.68. The van der Waals surface area contributed by atoms with E-state index in [1.165, 1.54) is 19.3 Å². The van der Waals surface area contributed by atoms with Gasteiger partial charge in [0.2, 0.25) is 0 Å². The standard InChI is InChI=1S/C12H19N3OS/c1-11(2)7-4-5-12(3,6-7)8(11)15-9(16)13-14-10(15)17/h7-8H,4-6H2,1-3H3,(H,13,16)(H,14,17). The first-order valence-electron chi connectivity index (χ1n) is 6.25. The fourth-order valence-corrected chi connectivity index (χ4v) is 4.71. The maximum Gasteiger partial charge on any atom is 0.342 e. The zero-order chi connectivity index (χ0) is 12.4. The number of aromatic nitrogens is 3. The van der Waals surface area contributed by atoms with Crippen molar-refractivity contribution >= 4 is 12.2 Å². The molecule has 17 heavy (non-hydrogen) atoms. The van der Waals surface area contributed by atoms with E-state index in [-0.39, 0.29) is 22.6 Å². The van der Waals surface area contributed by atoms with E-state index in [1.54, 1.807) is 4.57 Å². The molecule has 2 aliphatic rings. The maximum absolute atomic E-state index is 11.9. The molecule has 4 nitrogen and oxygen atoms in total. The van der Waals surface area contributed by atoms with Gasteiger partial charge >= 0.3 is 5.69 Å². The topological polar surface area (TPSA) is 53.6 Å². The smallest absolute Gasteiger partial charge is 0.272 e. The molecule has 0 aliphatic heterocycles. The Kier molecular flexibility index (Phi) is 2.07. The van der Waals surface area contributed by atoms with Gasteiger partial charge in [-0.3, -0.25) is 9.67 Å². The molecule has 5 heteroatoms. The zero-order valence-electron chi connectivity index (χ0n) is 10.5. The van der Waals surface area contributed by atoms with E-state index in [4.69, 9.17) is 12.2 Å². The minimum Gasteiger partial charge on any atom is -0.272 e. The van der Waals surface area contributed by atoms with Crippen LogP contribution in [0.1, 0.15) is 46.1 Å². The number of rotatable bonds is 1. The molecule has 2 bridgehead atoms. The molecule has 3 atom stereocenters. The van der Waals surface area contributed by atoms with Gasteiger partial charge in [0.15, 0.2) is 4.77 Å². The number of fused-ring (bicyclic) bond motifs is 2. The molecule has 94 valence electrons. The van der Waals surface area contributed by atoms with Gasteiger partial charge in [-0.05, 0) is 48.2 Å². The Morgan fingerprint density at radius 1 is 1.35 bits per heavy atom. The summed E-state index contributed by atoms with van der Waals surface area (Å²) >= 11 is 5.25. The Balaban J connectivity index is 2.21. The van der Waals surface area contributed by atoms with Crippen LogP contribution in [-0.2, 0) is 0 Å². The van der Waals surface area contributed by atoms with E-state index in [9.17, 15) is 4.79 Å². The second kappa shape index (κ2) is 3.13. The van der Waals surface area contributed by atoms with Gasteiger partial charge in [0.1, 0.15) is 0 Å². The number of nitrogens with zero attached hydrogens (tertiary/aromatic N) is 1. The largest absolute Gasteiger partial charge is 0.342 e. The van der Waals surface area contributed by atoms with Crippen molar-refractivity contribution in [1.29, 1.82) is 0 Å². The Morgan fingerprint density at radius 2 is 2.06 bits per heavy atom. The average molecular weight is 253 g/mol. The predicted octanol–water partition coefficient (Wildman–Crippen LogP) is 2.62. The summed E-state index contributed by atoms with van der Waals surface area (Å²) in [6.45, 7) is 6.86. The fourth-order valence-electron chi connectivity index (χ4n) is 4.47. The van der Waals surface area contributed by atoms with E-state index in [2.05, 4.69) is 31.0 Å². The molecule has 1 aromatic heterocycles. The van der Waals surface area contributed by atoms with Crippen LogP contribution in [0.15, 0.2) is 4.79 Å². The average Bonchev–Trinajstić information content (AvgIpc) is 2.81. The van der Waals surface area contributed by atoms with E-state index in [1.807, 2.05) is 0 Å². The number of H-pyrrole nitrogens is 2. The molecule has 2 fully saturated rings. The van der Waals surface area contributed by atoms with Crippen LogP contribution >= 0.6 is 12.2 Å². The van der Waals surface area contributed by atoms with Gasteiger partial charge in [0.05, 0.1) is 6.04 Å². The van der Waals surface area contributed by atoms with E-state index in [0.717, 1.165) is 0 Å². The lowest BCUT2D eigenvalue weighted by Gasteiger charge is -2.42. The normalized spacial score (nSPS) is 38.8. The van der Waals surface area contributed by atoms with Gasteiger partial charge in [0, 0.05) is 0 Å². The van der Waals surface area contributed by atoms with Crippen molar-refractivity contribution in [2.45, 2.75) is 46.1 Å². The molecule has 0 radical (unpaired) electrons. The summed E-state index contributed by atoms with van der Waals surface area (Å²) in [4.78, 5) is 11.9. The Morgan fingerprint density at radius 3 is 2.53 bits per heavy atom. The summed E-state index contributed by atoms with van der Waals surface area (Å²) in [6.07, 6.45) is 3.71. The Hall–Kier alpha value is -0.840. The lowest BCUT2D eigenvalue weighted by molar-refractivity contribution is 0.0797. The van der Waals surface area contributed by atoms with Crippen molar-refractivity contribution < 1.29 is 0 Å². The van der Waals surface area contributed by atoms with Crippen molar-refractivity contribution in [2.24, 2.45) is 16.7 Å². The molecular weight excluding hydrogens is 234 g/mol. The van der Waals surface area contributed by atoms with Crippen molar-refractivity contribution in [3.05, 3.63) is 15.3 Å². The van der Waals surface area contributed by atoms with E-state index in [0.29, 0.717) is 10.7 Å². The van der Waals surface area contributed by atoms with Gasteiger partial charge in [-0.2, -0.15) is 0 Å². The highest BCUT2D eigenvalue weighted by molar-refractivity contribution is 7.71. The second-order valence-electron chi connectivity index (χ2n) is 6.55. The quantitative estimate of drug-likeness (QED) is 0.756. The highest BCUT2D eigenvalue weighted by Crippen LogP contribution is 2.67. The lowest BCUT2D eigenvalue weighted by Crippen LogP contribution is -2.41. The van der Waals surface area contributed by atoms with Crippen LogP contribution in [0.5, 0.6) is 0 Å². The molecule has 2 saturated carbocycles. The highest BCUT2D eigenvalue weighted by Gasteiger charge is 2.60. The number of hydrogen-bond acceptors (Lipinski definition) is 2. The van der Waals surface area contributed by atoms with Crippen LogP contribution in [0.25, 0.3) is 0 Å². The molecule has 0 aromatic carbocycles. The number of aromatic amines is 2. The van der Waals surface area contributed by atoms with Gasteiger partial charge in [-0.15, -0.1) is 0 Å². The van der Waals surface area contributed by atoms with E-state index < -0.39 is 0 Å². The summed E-state index contributed by atoms with van der Waals surface area (Å²) in [5, 5.41) is 5.38. The summed E-state index contributed by atoms with van der Waals surface area (Å²) < 4.78 is 2.30. The van der Waals surface area contributed by atoms with Crippen LogP contribution in [0.4, 0.5) is 0 Å². The van der Waals surface area contributed by atoms with Crippen molar-refractivity contribution in [3.8, 4) is 0 Å². The minimum absolute atomic E-state index is 0.0955. The molecule has 3 rings (SSSR count). The van der Waals surface area contributed by atoms with Crippen LogP contribution in [-0.4, -0.2) is 14.8 Å². The highest BCUT2D eigenvalue weighted by atomic mass is 32.1. The molecule has 0 amide bonds. The van der Waals surface area contributed by atoms with Crippen LogP contribution in [0, 0.1) is 21.5 Å². The molecule has 0 spiro atoms. The number of nitrogens with one attached hydrogen (secondary N) is 2. The van der Waals surface area contributed by atoms with E-state index >= 15 is 0 Å². The first-order valence-corrected chi connectivity index (χ1v) is 6.66. The summed E-state index contributed by atoms with van der Waals surface area (Å²) in [5.41, 5.74) is 0.281. The summed E-state index contributed by atoms with van der Waals surface area (Å²) in [6, 6.07) is 0.219. The summed E-state index contributed by atoms with van der Waals surface area (Å²) in [5.74, 6) is 0.716. The predicted molar refractivity (Wildman–Crippen MR) is 68.5 cm³/mol. The third kappa shape index (κ3) is 1.29. The molecule has 1 heterocycles. The molecule has 2 aliphatic carbocycles. The van der Waals surface area contributed by atoms with Gasteiger partial charge in [0.25, 0.3) is 0 Å². The Bertz CT molecular complexity index is 535. The van der Waals surface area contributed by atoms with Crippen molar-refractivity contribution in [1.82, 2.24) is 14.8 Å². The Labute approximate surface area is 105 Å². The third-order valence-electron chi connectivity index (χ3n) is 5.17. The number of hydrogen-bond donors (Lipinski definition) is 2. The van der Waals surface area contributed by atoms with Gasteiger partial charge in [-0.25, -0.2) is 9.89 Å². The van der Waals surface area contributed by atoms with Crippen molar-refractivity contribution in [3.63, 3.8) is 0 Å². The van der Waals surface area contributed by atoms with Crippen LogP contribution in [0.3, 0.4) is 0 Å². The first-order chi connectivity index (χ1) is 7.86. The SMILES string of the molecule is CC12CCC(C1)C(C)(C)C2n1c(=O)[nH][nH]c1=S. The minimum atomic E-state index is -0.0955. The molecule has 1 aromatic rings. The third-order valence-corrected chi connectivity index (χ3v) is 5.46. The molecule has 3 unspecified atom stereocenters. The van der Waals surface area contributed by atoms with Crippen molar-refractivity contribution in [2.75, 3.05) is 0 Å². The van der Waals surface area contributed by atoms with Crippen LogP contribution in [0.2, 0.25) is 0 Å². The fraction of sp³-hybridized carbons (Fsp3) is 0.833. The van der Waals surface area contributed by atoms with Crippen LogP contribution < -0.4 is 5.69 Å². The van der Waals surface area contributed by atoms with Gasteiger partial charge < -0.3 is 0 Å². The molecule has 0 saturated heterocycles. The second-order valence-corrected chi connectivity index (χ2v) is 6.93. The molecular formula is C12H19N3OS. The summed E-state index contributed by atoms with van der Waals surface area (Å²) in [7, 11) is 0. The van der Waals surface area contributed by atoms with Gasteiger partial charge in [-0.1, -0.05) is 20.8 Å². The monoisotopic (exact) mass is 253 g/mol. The maximum atomic E-state index is 11.9.